The SMILES string of the molecule is C=C(C)C(Cc1ccccc1)NC(=O)c1ccccc1. The van der Waals surface area contributed by atoms with Crippen molar-refractivity contribution in [1.82, 2.24) is 5.32 Å². The van der Waals surface area contributed by atoms with Crippen LogP contribution in [-0.4, -0.2) is 11.9 Å². The van der Waals surface area contributed by atoms with Crippen LogP contribution in [0.3, 0.4) is 0 Å². The van der Waals surface area contributed by atoms with E-state index in [1.165, 1.54) is 5.56 Å². The van der Waals surface area contributed by atoms with Crippen LogP contribution < -0.4 is 5.32 Å². The lowest BCUT2D eigenvalue weighted by Crippen LogP contribution is -2.37. The van der Waals surface area contributed by atoms with E-state index in [0.717, 1.165) is 12.0 Å². The fourth-order valence-corrected chi connectivity index (χ4v) is 2.03. The zero-order valence-corrected chi connectivity index (χ0v) is 11.7. The maximum Gasteiger partial charge on any atom is 0.251 e. The summed E-state index contributed by atoms with van der Waals surface area (Å²) in [5.74, 6) is -0.0606. The summed E-state index contributed by atoms with van der Waals surface area (Å²) in [4.78, 5) is 12.2. The molecule has 0 fully saturated rings. The highest BCUT2D eigenvalue weighted by Crippen LogP contribution is 2.10. The number of carbonyl (C=O) groups excluding carboxylic acids is 1. The van der Waals surface area contributed by atoms with Gasteiger partial charge in [-0.2, -0.15) is 0 Å². The molecule has 0 aromatic heterocycles. The van der Waals surface area contributed by atoms with E-state index in [2.05, 4.69) is 24.0 Å². The first-order valence-electron chi connectivity index (χ1n) is 6.72. The largest absolute Gasteiger partial charge is 0.345 e. The van der Waals surface area contributed by atoms with Crippen LogP contribution in [0.15, 0.2) is 72.8 Å². The zero-order chi connectivity index (χ0) is 14.4. The van der Waals surface area contributed by atoms with Gasteiger partial charge in [-0.05, 0) is 31.0 Å². The second-order valence-corrected chi connectivity index (χ2v) is 4.93. The van der Waals surface area contributed by atoms with Gasteiger partial charge in [0.25, 0.3) is 5.91 Å². The number of rotatable bonds is 5. The minimum Gasteiger partial charge on any atom is -0.345 e. The molecule has 1 unspecified atom stereocenters. The van der Waals surface area contributed by atoms with Gasteiger partial charge in [0.15, 0.2) is 0 Å². The van der Waals surface area contributed by atoms with Crippen LogP contribution in [0, 0.1) is 0 Å². The molecular formula is C18H19NO. The van der Waals surface area contributed by atoms with Crippen LogP contribution in [0.4, 0.5) is 0 Å². The predicted octanol–water partition coefficient (Wildman–Crippen LogP) is 3.60. The van der Waals surface area contributed by atoms with Crippen LogP contribution in [0.2, 0.25) is 0 Å². The fraction of sp³-hybridized carbons (Fsp3) is 0.167. The highest BCUT2D eigenvalue weighted by atomic mass is 16.1. The molecule has 1 N–H and O–H groups in total. The van der Waals surface area contributed by atoms with Gasteiger partial charge in [0.1, 0.15) is 0 Å². The van der Waals surface area contributed by atoms with E-state index in [1.807, 2.05) is 55.5 Å². The Hall–Kier alpha value is -2.35. The molecular weight excluding hydrogens is 246 g/mol. The molecule has 0 heterocycles. The molecule has 0 aliphatic rings. The molecule has 0 radical (unpaired) electrons. The zero-order valence-electron chi connectivity index (χ0n) is 11.7. The summed E-state index contributed by atoms with van der Waals surface area (Å²) in [5, 5.41) is 3.04. The van der Waals surface area contributed by atoms with Gasteiger partial charge in [-0.15, -0.1) is 0 Å². The highest BCUT2D eigenvalue weighted by molar-refractivity contribution is 5.94. The average molecular weight is 265 g/mol. The van der Waals surface area contributed by atoms with Crippen molar-refractivity contribution in [2.24, 2.45) is 0 Å². The molecule has 2 nitrogen and oxygen atoms in total. The van der Waals surface area contributed by atoms with E-state index in [1.54, 1.807) is 0 Å². The molecule has 2 aromatic carbocycles. The van der Waals surface area contributed by atoms with Crippen molar-refractivity contribution in [1.29, 1.82) is 0 Å². The monoisotopic (exact) mass is 265 g/mol. The lowest BCUT2D eigenvalue weighted by Gasteiger charge is -2.19. The third-order valence-corrected chi connectivity index (χ3v) is 3.22. The Morgan fingerprint density at radius 3 is 2.15 bits per heavy atom. The van der Waals surface area contributed by atoms with Gasteiger partial charge in [0.2, 0.25) is 0 Å². The Kier molecular flexibility index (Phi) is 4.72. The molecule has 1 amide bonds. The molecule has 0 saturated carbocycles. The van der Waals surface area contributed by atoms with E-state index in [9.17, 15) is 4.79 Å². The van der Waals surface area contributed by atoms with Gasteiger partial charge < -0.3 is 5.32 Å². The van der Waals surface area contributed by atoms with E-state index in [-0.39, 0.29) is 11.9 Å². The highest BCUT2D eigenvalue weighted by Gasteiger charge is 2.14. The van der Waals surface area contributed by atoms with E-state index in [0.29, 0.717) is 5.56 Å². The van der Waals surface area contributed by atoms with Crippen molar-refractivity contribution in [3.63, 3.8) is 0 Å². The maximum absolute atomic E-state index is 12.2. The van der Waals surface area contributed by atoms with E-state index >= 15 is 0 Å². The maximum atomic E-state index is 12.2. The van der Waals surface area contributed by atoms with Crippen LogP contribution in [0.1, 0.15) is 22.8 Å². The molecule has 0 bridgehead atoms. The first-order valence-corrected chi connectivity index (χ1v) is 6.72. The fourth-order valence-electron chi connectivity index (χ4n) is 2.03. The number of benzene rings is 2. The smallest absolute Gasteiger partial charge is 0.251 e. The van der Waals surface area contributed by atoms with Crippen molar-refractivity contribution in [3.8, 4) is 0 Å². The number of carbonyl (C=O) groups is 1. The van der Waals surface area contributed by atoms with Crippen molar-refractivity contribution in [2.45, 2.75) is 19.4 Å². The van der Waals surface area contributed by atoms with E-state index in [4.69, 9.17) is 0 Å². The minimum absolute atomic E-state index is 0.0508. The van der Waals surface area contributed by atoms with Crippen LogP contribution in [0.25, 0.3) is 0 Å². The lowest BCUT2D eigenvalue weighted by molar-refractivity contribution is 0.0942. The Labute approximate surface area is 120 Å². The predicted molar refractivity (Wildman–Crippen MR) is 82.7 cm³/mol. The first-order chi connectivity index (χ1) is 9.66. The minimum atomic E-state index is -0.0606. The van der Waals surface area contributed by atoms with Gasteiger partial charge >= 0.3 is 0 Å². The average Bonchev–Trinajstić information content (AvgIpc) is 2.48. The standard InChI is InChI=1S/C18H19NO/c1-14(2)17(13-15-9-5-3-6-10-15)19-18(20)16-11-7-4-8-12-16/h3-12,17H,1,13H2,2H3,(H,19,20). The van der Waals surface area contributed by atoms with Crippen LogP contribution in [0.5, 0.6) is 0 Å². The summed E-state index contributed by atoms with van der Waals surface area (Å²) < 4.78 is 0. The van der Waals surface area contributed by atoms with Gasteiger partial charge in [-0.25, -0.2) is 0 Å². The summed E-state index contributed by atoms with van der Waals surface area (Å²) in [7, 11) is 0. The summed E-state index contributed by atoms with van der Waals surface area (Å²) in [6, 6.07) is 19.3. The molecule has 20 heavy (non-hydrogen) atoms. The topological polar surface area (TPSA) is 29.1 Å². The number of amides is 1. The summed E-state index contributed by atoms with van der Waals surface area (Å²) in [6.45, 7) is 5.93. The second kappa shape index (κ2) is 6.71. The molecule has 2 rings (SSSR count). The second-order valence-electron chi connectivity index (χ2n) is 4.93. The Morgan fingerprint density at radius 1 is 1.05 bits per heavy atom. The first kappa shape index (κ1) is 14.1. The van der Waals surface area contributed by atoms with Crippen molar-refractivity contribution in [3.05, 3.63) is 83.9 Å². The Bertz CT molecular complexity index is 575. The van der Waals surface area contributed by atoms with Gasteiger partial charge in [0.05, 0.1) is 6.04 Å². The number of hydrogen-bond donors (Lipinski definition) is 1. The van der Waals surface area contributed by atoms with Gasteiger partial charge in [-0.3, -0.25) is 4.79 Å². The quantitative estimate of drug-likeness (QED) is 0.822. The van der Waals surface area contributed by atoms with Gasteiger partial charge in [0, 0.05) is 5.56 Å². The molecule has 0 spiro atoms. The summed E-state index contributed by atoms with van der Waals surface area (Å²) >= 11 is 0. The third kappa shape index (κ3) is 3.82. The van der Waals surface area contributed by atoms with Crippen molar-refractivity contribution < 1.29 is 4.79 Å². The number of hydrogen-bond acceptors (Lipinski definition) is 1. The Balaban J connectivity index is 2.07. The molecule has 2 aromatic rings. The molecule has 102 valence electrons. The molecule has 1 atom stereocenters. The molecule has 0 aliphatic carbocycles. The normalized spacial score (nSPS) is 11.7. The summed E-state index contributed by atoms with van der Waals surface area (Å²) in [6.07, 6.45) is 0.759. The van der Waals surface area contributed by atoms with E-state index < -0.39 is 0 Å². The molecule has 0 saturated heterocycles. The van der Waals surface area contributed by atoms with Crippen molar-refractivity contribution in [2.75, 3.05) is 0 Å². The summed E-state index contributed by atoms with van der Waals surface area (Å²) in [5.41, 5.74) is 2.82. The number of nitrogens with one attached hydrogen (secondary N) is 1. The third-order valence-electron chi connectivity index (χ3n) is 3.22. The van der Waals surface area contributed by atoms with Crippen LogP contribution >= 0.6 is 0 Å². The molecule has 0 aliphatic heterocycles. The lowest BCUT2D eigenvalue weighted by atomic mass is 10.0. The Morgan fingerprint density at radius 2 is 1.60 bits per heavy atom. The molecule has 2 heteroatoms. The van der Waals surface area contributed by atoms with Gasteiger partial charge in [-0.1, -0.05) is 60.7 Å². The van der Waals surface area contributed by atoms with Crippen LogP contribution in [-0.2, 0) is 6.42 Å². The van der Waals surface area contributed by atoms with Crippen molar-refractivity contribution >= 4 is 5.91 Å².